The van der Waals surface area contributed by atoms with Crippen molar-refractivity contribution < 1.29 is 23.9 Å². The summed E-state index contributed by atoms with van der Waals surface area (Å²) in [6, 6.07) is 6.81. The van der Waals surface area contributed by atoms with Crippen molar-refractivity contribution in [1.29, 1.82) is 0 Å². The van der Waals surface area contributed by atoms with Crippen molar-refractivity contribution in [3.63, 3.8) is 0 Å². The average Bonchev–Trinajstić information content (AvgIpc) is 2.98. The largest absolute Gasteiger partial charge is 0.462 e. The van der Waals surface area contributed by atoms with Gasteiger partial charge in [-0.1, -0.05) is 22.0 Å². The van der Waals surface area contributed by atoms with E-state index in [1.54, 1.807) is 45.0 Å². The van der Waals surface area contributed by atoms with Crippen LogP contribution < -0.4 is 10.6 Å². The molecule has 0 aliphatic rings. The van der Waals surface area contributed by atoms with Crippen LogP contribution in [0.5, 0.6) is 0 Å². The van der Waals surface area contributed by atoms with E-state index in [2.05, 4.69) is 26.6 Å². The fraction of sp³-hybridized carbons (Fsp3) is 0.263. The zero-order valence-electron chi connectivity index (χ0n) is 16.0. The summed E-state index contributed by atoms with van der Waals surface area (Å²) in [5.74, 6) is -1.56. The van der Waals surface area contributed by atoms with Gasteiger partial charge in [-0.15, -0.1) is 11.3 Å². The predicted octanol–water partition coefficient (Wildman–Crippen LogP) is 4.30. The molecule has 0 saturated carbocycles. The Labute approximate surface area is 185 Å². The standard InChI is InChI=1S/C19H19BrN2O5S2/c1-4-26-17(24)13-10(3)14(18(25)27-5-2)29-16(13)22-19(28)21-15(23)11-7-6-8-12(20)9-11/h6-9H,4-5H2,1-3H3,(H2,21,22,23,28). The van der Waals surface area contributed by atoms with Gasteiger partial charge in [-0.3, -0.25) is 10.1 Å². The Morgan fingerprint density at radius 1 is 1.14 bits per heavy atom. The second-order valence-electron chi connectivity index (χ2n) is 5.62. The highest BCUT2D eigenvalue weighted by Crippen LogP contribution is 2.34. The summed E-state index contributed by atoms with van der Waals surface area (Å²) in [5, 5.41) is 5.65. The SMILES string of the molecule is CCOC(=O)c1sc(NC(=S)NC(=O)c2cccc(Br)c2)c(C(=O)OCC)c1C. The monoisotopic (exact) mass is 498 g/mol. The molecule has 1 aromatic carbocycles. The van der Waals surface area contributed by atoms with Crippen molar-refractivity contribution in [3.8, 4) is 0 Å². The molecule has 0 bridgehead atoms. The fourth-order valence-corrected chi connectivity index (χ4v) is 4.13. The molecule has 0 atom stereocenters. The molecule has 2 aromatic rings. The lowest BCUT2D eigenvalue weighted by atomic mass is 10.1. The highest BCUT2D eigenvalue weighted by Gasteiger charge is 2.27. The Kier molecular flexibility index (Phi) is 8.30. The number of esters is 2. The second kappa shape index (κ2) is 10.5. The lowest BCUT2D eigenvalue weighted by Crippen LogP contribution is -2.34. The lowest BCUT2D eigenvalue weighted by Gasteiger charge is -2.10. The van der Waals surface area contributed by atoms with E-state index >= 15 is 0 Å². The van der Waals surface area contributed by atoms with Crippen LogP contribution in [0.1, 0.15) is 49.8 Å². The Balaban J connectivity index is 2.26. The number of rotatable bonds is 6. The maximum absolute atomic E-state index is 12.4. The molecule has 10 heteroatoms. The summed E-state index contributed by atoms with van der Waals surface area (Å²) < 4.78 is 10.9. The molecular formula is C19H19BrN2O5S2. The van der Waals surface area contributed by atoms with Crippen LogP contribution in [0.15, 0.2) is 28.7 Å². The fourth-order valence-electron chi connectivity index (χ4n) is 2.38. The Bertz CT molecular complexity index is 958. The van der Waals surface area contributed by atoms with Crippen LogP contribution in [0.3, 0.4) is 0 Å². The summed E-state index contributed by atoms with van der Waals surface area (Å²) in [6.45, 7) is 5.38. The zero-order valence-corrected chi connectivity index (χ0v) is 19.2. The van der Waals surface area contributed by atoms with E-state index in [0.717, 1.165) is 15.8 Å². The van der Waals surface area contributed by atoms with Crippen LogP contribution in [0.4, 0.5) is 5.00 Å². The molecule has 0 spiro atoms. The molecular weight excluding hydrogens is 480 g/mol. The molecule has 2 N–H and O–H groups in total. The van der Waals surface area contributed by atoms with Crippen molar-refractivity contribution in [3.05, 3.63) is 50.3 Å². The van der Waals surface area contributed by atoms with Crippen LogP contribution in [0.2, 0.25) is 0 Å². The molecule has 0 unspecified atom stereocenters. The molecule has 2 rings (SSSR count). The number of anilines is 1. The van der Waals surface area contributed by atoms with Gasteiger partial charge in [0.2, 0.25) is 0 Å². The van der Waals surface area contributed by atoms with Gasteiger partial charge in [0, 0.05) is 10.0 Å². The highest BCUT2D eigenvalue weighted by atomic mass is 79.9. The quantitative estimate of drug-likeness (QED) is 0.452. The molecule has 29 heavy (non-hydrogen) atoms. The molecule has 0 fully saturated rings. The minimum Gasteiger partial charge on any atom is -0.462 e. The third-order valence-electron chi connectivity index (χ3n) is 3.63. The molecule has 0 aliphatic carbocycles. The van der Waals surface area contributed by atoms with Gasteiger partial charge in [0.15, 0.2) is 5.11 Å². The van der Waals surface area contributed by atoms with E-state index in [4.69, 9.17) is 21.7 Å². The molecule has 0 saturated heterocycles. The third kappa shape index (κ3) is 5.84. The molecule has 1 heterocycles. The van der Waals surface area contributed by atoms with Gasteiger partial charge in [-0.05, 0) is 56.8 Å². The van der Waals surface area contributed by atoms with E-state index in [9.17, 15) is 14.4 Å². The topological polar surface area (TPSA) is 93.7 Å². The van der Waals surface area contributed by atoms with Crippen molar-refractivity contribution in [2.24, 2.45) is 0 Å². The zero-order chi connectivity index (χ0) is 21.6. The smallest absolute Gasteiger partial charge is 0.348 e. The van der Waals surface area contributed by atoms with Gasteiger partial charge in [0.1, 0.15) is 9.88 Å². The van der Waals surface area contributed by atoms with Crippen LogP contribution in [0, 0.1) is 6.92 Å². The normalized spacial score (nSPS) is 10.2. The van der Waals surface area contributed by atoms with E-state index in [0.29, 0.717) is 16.1 Å². The summed E-state index contributed by atoms with van der Waals surface area (Å²) in [7, 11) is 0. The first-order valence-electron chi connectivity index (χ1n) is 8.63. The molecule has 0 aliphatic heterocycles. The molecule has 1 aromatic heterocycles. The highest BCUT2D eigenvalue weighted by molar-refractivity contribution is 9.10. The van der Waals surface area contributed by atoms with Crippen molar-refractivity contribution >= 4 is 67.4 Å². The average molecular weight is 499 g/mol. The minimum atomic E-state index is -0.597. The number of hydrogen-bond donors (Lipinski definition) is 2. The molecule has 7 nitrogen and oxygen atoms in total. The van der Waals surface area contributed by atoms with Gasteiger partial charge in [0.25, 0.3) is 5.91 Å². The third-order valence-corrected chi connectivity index (χ3v) is 5.51. The summed E-state index contributed by atoms with van der Waals surface area (Å²) >= 11 is 9.52. The van der Waals surface area contributed by atoms with Crippen LogP contribution in [0.25, 0.3) is 0 Å². The number of ether oxygens (including phenoxy) is 2. The number of carbonyl (C=O) groups is 3. The number of carbonyl (C=O) groups excluding carboxylic acids is 3. The number of benzene rings is 1. The molecule has 1 amide bonds. The van der Waals surface area contributed by atoms with Crippen molar-refractivity contribution in [2.45, 2.75) is 20.8 Å². The second-order valence-corrected chi connectivity index (χ2v) is 7.96. The molecule has 154 valence electrons. The number of halogens is 1. The number of hydrogen-bond acceptors (Lipinski definition) is 7. The van der Waals surface area contributed by atoms with Crippen molar-refractivity contribution in [1.82, 2.24) is 5.32 Å². The number of amides is 1. The van der Waals surface area contributed by atoms with Crippen molar-refractivity contribution in [2.75, 3.05) is 18.5 Å². The Morgan fingerprint density at radius 3 is 2.41 bits per heavy atom. The van der Waals surface area contributed by atoms with Gasteiger partial charge in [0.05, 0.1) is 18.8 Å². The van der Waals surface area contributed by atoms with E-state index in [1.807, 2.05) is 0 Å². The maximum Gasteiger partial charge on any atom is 0.348 e. The van der Waals surface area contributed by atoms with Gasteiger partial charge in [-0.25, -0.2) is 9.59 Å². The van der Waals surface area contributed by atoms with Gasteiger partial charge in [-0.2, -0.15) is 0 Å². The number of nitrogens with one attached hydrogen (secondary N) is 2. The number of thiocarbonyl (C=S) groups is 1. The van der Waals surface area contributed by atoms with Crippen LogP contribution >= 0.6 is 39.5 Å². The molecule has 0 radical (unpaired) electrons. The Hall–Kier alpha value is -2.30. The Morgan fingerprint density at radius 2 is 1.79 bits per heavy atom. The summed E-state index contributed by atoms with van der Waals surface area (Å²) in [6.07, 6.45) is 0. The summed E-state index contributed by atoms with van der Waals surface area (Å²) in [4.78, 5) is 37.2. The first kappa shape index (κ1) is 23.0. The summed E-state index contributed by atoms with van der Waals surface area (Å²) in [5.41, 5.74) is 1.01. The lowest BCUT2D eigenvalue weighted by molar-refractivity contribution is 0.0527. The maximum atomic E-state index is 12.4. The van der Waals surface area contributed by atoms with Crippen LogP contribution in [-0.4, -0.2) is 36.2 Å². The van der Waals surface area contributed by atoms with E-state index in [-0.39, 0.29) is 28.8 Å². The van der Waals surface area contributed by atoms with Gasteiger partial charge < -0.3 is 14.8 Å². The first-order chi connectivity index (χ1) is 13.8. The predicted molar refractivity (Wildman–Crippen MR) is 119 cm³/mol. The minimum absolute atomic E-state index is 0.0165. The van der Waals surface area contributed by atoms with E-state index < -0.39 is 17.8 Å². The number of thiophene rings is 1. The van der Waals surface area contributed by atoms with E-state index in [1.165, 1.54) is 0 Å². The van der Waals surface area contributed by atoms with Gasteiger partial charge >= 0.3 is 11.9 Å². The first-order valence-corrected chi connectivity index (χ1v) is 10.7. The van der Waals surface area contributed by atoms with Crippen LogP contribution in [-0.2, 0) is 9.47 Å².